The first-order valence-electron chi connectivity index (χ1n) is 9.89. The average Bonchev–Trinajstić information content (AvgIpc) is 3.12. The lowest BCUT2D eigenvalue weighted by molar-refractivity contribution is 0.0773. The SMILES string of the molecule is CCNC(=NCc1ccc(C(=O)N(CC)CC)cc1)NCCc1ncc(C)s1.I. The van der Waals surface area contributed by atoms with Crippen LogP contribution in [0, 0.1) is 6.92 Å². The maximum Gasteiger partial charge on any atom is 0.253 e. The fourth-order valence-electron chi connectivity index (χ4n) is 2.76. The summed E-state index contributed by atoms with van der Waals surface area (Å²) in [6.07, 6.45) is 2.79. The van der Waals surface area contributed by atoms with Crippen molar-refractivity contribution in [2.24, 2.45) is 4.99 Å². The van der Waals surface area contributed by atoms with Gasteiger partial charge >= 0.3 is 0 Å². The number of amides is 1. The Hall–Kier alpha value is -1.68. The molecule has 1 aromatic carbocycles. The van der Waals surface area contributed by atoms with E-state index in [0.717, 1.165) is 54.7 Å². The predicted molar refractivity (Wildman–Crippen MR) is 132 cm³/mol. The molecule has 1 heterocycles. The first-order valence-corrected chi connectivity index (χ1v) is 10.7. The van der Waals surface area contributed by atoms with E-state index >= 15 is 0 Å². The highest BCUT2D eigenvalue weighted by Gasteiger charge is 2.11. The number of thiazole rings is 1. The number of nitrogens with zero attached hydrogens (tertiary/aromatic N) is 3. The van der Waals surface area contributed by atoms with Crippen molar-refractivity contribution in [3.05, 3.63) is 51.5 Å². The maximum atomic E-state index is 12.4. The van der Waals surface area contributed by atoms with Crippen LogP contribution in [0.2, 0.25) is 0 Å². The van der Waals surface area contributed by atoms with Crippen LogP contribution in [0.1, 0.15) is 46.6 Å². The third kappa shape index (κ3) is 8.30. The van der Waals surface area contributed by atoms with E-state index in [1.807, 2.05) is 49.2 Å². The summed E-state index contributed by atoms with van der Waals surface area (Å²) in [6.45, 7) is 11.7. The number of rotatable bonds is 9. The minimum atomic E-state index is 0. The van der Waals surface area contributed by atoms with E-state index in [1.165, 1.54) is 4.88 Å². The van der Waals surface area contributed by atoms with Gasteiger partial charge in [0.2, 0.25) is 0 Å². The summed E-state index contributed by atoms with van der Waals surface area (Å²) in [5, 5.41) is 7.75. The van der Waals surface area contributed by atoms with Crippen molar-refractivity contribution in [3.63, 3.8) is 0 Å². The van der Waals surface area contributed by atoms with E-state index in [4.69, 9.17) is 0 Å². The molecule has 0 saturated heterocycles. The Morgan fingerprint density at radius 1 is 1.14 bits per heavy atom. The molecule has 0 bridgehead atoms. The zero-order valence-electron chi connectivity index (χ0n) is 17.7. The first-order chi connectivity index (χ1) is 13.6. The number of nitrogens with one attached hydrogen (secondary N) is 2. The van der Waals surface area contributed by atoms with E-state index in [0.29, 0.717) is 6.54 Å². The highest BCUT2D eigenvalue weighted by Crippen LogP contribution is 2.11. The minimum Gasteiger partial charge on any atom is -0.357 e. The van der Waals surface area contributed by atoms with E-state index < -0.39 is 0 Å². The lowest BCUT2D eigenvalue weighted by atomic mass is 10.1. The molecule has 0 aliphatic rings. The topological polar surface area (TPSA) is 69.6 Å². The van der Waals surface area contributed by atoms with E-state index in [1.54, 1.807) is 11.3 Å². The molecule has 0 aliphatic heterocycles. The summed E-state index contributed by atoms with van der Waals surface area (Å²) in [6, 6.07) is 7.72. The largest absolute Gasteiger partial charge is 0.357 e. The summed E-state index contributed by atoms with van der Waals surface area (Å²) >= 11 is 1.73. The normalized spacial score (nSPS) is 11.0. The van der Waals surface area contributed by atoms with Gasteiger partial charge in [-0.15, -0.1) is 35.3 Å². The van der Waals surface area contributed by atoms with Crippen molar-refractivity contribution in [2.45, 2.75) is 40.7 Å². The summed E-state index contributed by atoms with van der Waals surface area (Å²) in [4.78, 5) is 24.5. The molecule has 6 nitrogen and oxygen atoms in total. The van der Waals surface area contributed by atoms with Gasteiger partial charge in [-0.2, -0.15) is 0 Å². The van der Waals surface area contributed by atoms with Crippen LogP contribution in [-0.2, 0) is 13.0 Å². The molecular formula is C21H32IN5OS. The van der Waals surface area contributed by atoms with Crippen LogP contribution in [0.4, 0.5) is 0 Å². The Bertz CT molecular complexity index is 772. The molecular weight excluding hydrogens is 497 g/mol. The number of aliphatic imine (C=N–C) groups is 1. The predicted octanol–water partition coefficient (Wildman–Crippen LogP) is 3.85. The Labute approximate surface area is 195 Å². The molecule has 1 amide bonds. The number of aromatic nitrogens is 1. The molecule has 2 aromatic rings. The van der Waals surface area contributed by atoms with Crippen LogP contribution in [-0.4, -0.2) is 47.9 Å². The highest BCUT2D eigenvalue weighted by molar-refractivity contribution is 14.0. The Balaban J connectivity index is 0.00000420. The van der Waals surface area contributed by atoms with E-state index in [2.05, 4.69) is 34.5 Å². The molecule has 0 unspecified atom stereocenters. The van der Waals surface area contributed by atoms with Gasteiger partial charge in [-0.3, -0.25) is 4.79 Å². The fourth-order valence-corrected chi connectivity index (χ4v) is 3.55. The van der Waals surface area contributed by atoms with Crippen molar-refractivity contribution in [1.82, 2.24) is 20.5 Å². The van der Waals surface area contributed by atoms with Gasteiger partial charge < -0.3 is 15.5 Å². The van der Waals surface area contributed by atoms with Gasteiger partial charge in [-0.1, -0.05) is 12.1 Å². The monoisotopic (exact) mass is 529 g/mol. The third-order valence-corrected chi connectivity index (χ3v) is 5.29. The molecule has 0 fully saturated rings. The highest BCUT2D eigenvalue weighted by atomic mass is 127. The number of carbonyl (C=O) groups excluding carboxylic acids is 1. The van der Waals surface area contributed by atoms with Gasteiger partial charge in [-0.05, 0) is 45.4 Å². The molecule has 1 aromatic heterocycles. The zero-order chi connectivity index (χ0) is 20.4. The summed E-state index contributed by atoms with van der Waals surface area (Å²) in [5.41, 5.74) is 1.80. The smallest absolute Gasteiger partial charge is 0.253 e. The average molecular weight is 529 g/mol. The van der Waals surface area contributed by atoms with Gasteiger partial charge in [-0.25, -0.2) is 9.98 Å². The van der Waals surface area contributed by atoms with Crippen molar-refractivity contribution >= 4 is 47.2 Å². The van der Waals surface area contributed by atoms with Crippen molar-refractivity contribution in [2.75, 3.05) is 26.2 Å². The van der Waals surface area contributed by atoms with Crippen LogP contribution in [0.5, 0.6) is 0 Å². The third-order valence-electron chi connectivity index (χ3n) is 4.32. The van der Waals surface area contributed by atoms with Gasteiger partial charge in [0.15, 0.2) is 5.96 Å². The van der Waals surface area contributed by atoms with Crippen molar-refractivity contribution in [3.8, 4) is 0 Å². The lowest BCUT2D eigenvalue weighted by Gasteiger charge is -2.18. The molecule has 2 N–H and O–H groups in total. The van der Waals surface area contributed by atoms with Crippen LogP contribution in [0.25, 0.3) is 0 Å². The second kappa shape index (κ2) is 13.5. The molecule has 0 atom stereocenters. The quantitative estimate of drug-likeness (QED) is 0.294. The lowest BCUT2D eigenvalue weighted by Crippen LogP contribution is -2.38. The molecule has 2 rings (SSSR count). The number of carbonyl (C=O) groups is 1. The zero-order valence-corrected chi connectivity index (χ0v) is 20.8. The second-order valence-corrected chi connectivity index (χ2v) is 7.73. The Kier molecular flexibility index (Phi) is 11.8. The molecule has 0 radical (unpaired) electrons. The second-order valence-electron chi connectivity index (χ2n) is 6.41. The number of benzene rings is 1. The first kappa shape index (κ1) is 25.4. The van der Waals surface area contributed by atoms with E-state index in [-0.39, 0.29) is 29.9 Å². The van der Waals surface area contributed by atoms with Crippen LogP contribution in [0.3, 0.4) is 0 Å². The maximum absolute atomic E-state index is 12.4. The van der Waals surface area contributed by atoms with Crippen molar-refractivity contribution in [1.29, 1.82) is 0 Å². The number of hydrogen-bond donors (Lipinski definition) is 2. The van der Waals surface area contributed by atoms with Gasteiger partial charge in [0.1, 0.15) is 0 Å². The number of halogens is 1. The molecule has 8 heteroatoms. The van der Waals surface area contributed by atoms with Crippen LogP contribution < -0.4 is 10.6 Å². The number of aryl methyl sites for hydroxylation is 1. The number of hydrogen-bond acceptors (Lipinski definition) is 4. The minimum absolute atomic E-state index is 0. The van der Waals surface area contributed by atoms with Crippen LogP contribution >= 0.6 is 35.3 Å². The Morgan fingerprint density at radius 3 is 2.38 bits per heavy atom. The molecule has 0 aliphatic carbocycles. The Morgan fingerprint density at radius 2 is 1.83 bits per heavy atom. The molecule has 160 valence electrons. The fraction of sp³-hybridized carbons (Fsp3) is 0.476. The van der Waals surface area contributed by atoms with Gasteiger partial charge in [0.05, 0.1) is 11.6 Å². The summed E-state index contributed by atoms with van der Waals surface area (Å²) in [7, 11) is 0. The number of guanidine groups is 1. The standard InChI is InChI=1S/C21H31N5OS.HI/c1-5-22-21(23-13-12-19-24-14-16(4)28-19)25-15-17-8-10-18(11-9-17)20(27)26(6-2)7-3;/h8-11,14H,5-7,12-13,15H2,1-4H3,(H2,22,23,25);1H. The van der Waals surface area contributed by atoms with Crippen LogP contribution in [0.15, 0.2) is 35.5 Å². The molecule has 0 spiro atoms. The summed E-state index contributed by atoms with van der Waals surface area (Å²) < 4.78 is 0. The van der Waals surface area contributed by atoms with Gasteiger partial charge in [0.25, 0.3) is 5.91 Å². The molecule has 29 heavy (non-hydrogen) atoms. The molecule has 0 saturated carbocycles. The van der Waals surface area contributed by atoms with Gasteiger partial charge in [0, 0.05) is 49.2 Å². The van der Waals surface area contributed by atoms with Crippen molar-refractivity contribution < 1.29 is 4.79 Å². The summed E-state index contributed by atoms with van der Waals surface area (Å²) in [5.74, 6) is 0.867. The van der Waals surface area contributed by atoms with E-state index in [9.17, 15) is 4.79 Å².